The van der Waals surface area contributed by atoms with Crippen molar-refractivity contribution >= 4 is 33.4 Å². The number of aromatic nitrogens is 4. The summed E-state index contributed by atoms with van der Waals surface area (Å²) in [5.74, 6) is 2.63. The number of nitrogens with zero attached hydrogens (tertiary/aromatic N) is 3. The molecule has 0 fully saturated rings. The van der Waals surface area contributed by atoms with E-state index in [4.69, 9.17) is 40.0 Å². The molecule has 4 aromatic rings. The smallest absolute Gasteiger partial charge is 0.262 e. The van der Waals surface area contributed by atoms with Crippen LogP contribution in [0.2, 0.25) is 5.15 Å². The summed E-state index contributed by atoms with van der Waals surface area (Å²) in [4.78, 5) is 26.4. The standard InChI is InChI=1S/C11H11ClN2O3.C11H12N2O4/c1-15-7-4-6-8(11(12)14-5-13-6)10(17-3)9(7)16-2;1-15-7-4-6-8(11(14)13-5-12-6)10(17-3)9(7)16-2/h4-5H,1-3H3;4-5H,1-3H3,(H,12,13,14). The molecule has 0 aliphatic carbocycles. The van der Waals surface area contributed by atoms with Crippen LogP contribution in [-0.2, 0) is 0 Å². The minimum atomic E-state index is -0.284. The van der Waals surface area contributed by atoms with Crippen LogP contribution in [0.3, 0.4) is 0 Å². The van der Waals surface area contributed by atoms with Gasteiger partial charge in [-0.2, -0.15) is 0 Å². The Morgan fingerprint density at radius 1 is 0.676 bits per heavy atom. The van der Waals surface area contributed by atoms with Gasteiger partial charge in [0.05, 0.1) is 65.4 Å². The molecule has 2 heterocycles. The van der Waals surface area contributed by atoms with Crippen molar-refractivity contribution in [2.75, 3.05) is 42.7 Å². The first-order valence-corrected chi connectivity index (χ1v) is 10.1. The summed E-state index contributed by atoms with van der Waals surface area (Å²) in [6, 6.07) is 3.36. The van der Waals surface area contributed by atoms with Crippen molar-refractivity contribution in [1.82, 2.24) is 19.9 Å². The molecular weight excluding hydrogens is 468 g/mol. The molecule has 0 saturated heterocycles. The van der Waals surface area contributed by atoms with Gasteiger partial charge in [0.2, 0.25) is 11.5 Å². The lowest BCUT2D eigenvalue weighted by Crippen LogP contribution is -2.09. The first kappa shape index (κ1) is 24.6. The quantitative estimate of drug-likeness (QED) is 0.402. The molecule has 0 spiro atoms. The number of rotatable bonds is 6. The molecule has 34 heavy (non-hydrogen) atoms. The fraction of sp³-hybridized carbons (Fsp3) is 0.273. The zero-order chi connectivity index (χ0) is 24.8. The Labute approximate surface area is 199 Å². The van der Waals surface area contributed by atoms with E-state index in [0.717, 1.165) is 0 Å². The number of halogens is 1. The van der Waals surface area contributed by atoms with Gasteiger partial charge in [0.15, 0.2) is 23.0 Å². The van der Waals surface area contributed by atoms with Crippen LogP contribution in [0, 0.1) is 0 Å². The van der Waals surface area contributed by atoms with E-state index in [1.807, 2.05) is 0 Å². The van der Waals surface area contributed by atoms with Crippen LogP contribution in [0.1, 0.15) is 0 Å². The number of benzene rings is 2. The van der Waals surface area contributed by atoms with Crippen molar-refractivity contribution in [3.63, 3.8) is 0 Å². The summed E-state index contributed by atoms with van der Waals surface area (Å²) in [6.07, 6.45) is 2.71. The van der Waals surface area contributed by atoms with Crippen molar-refractivity contribution in [3.05, 3.63) is 40.3 Å². The second kappa shape index (κ2) is 10.8. The molecular formula is C22H23ClN4O7. The number of methoxy groups -OCH3 is 6. The van der Waals surface area contributed by atoms with Gasteiger partial charge in [0.25, 0.3) is 5.56 Å². The van der Waals surface area contributed by atoms with Gasteiger partial charge in [-0.1, -0.05) is 11.6 Å². The van der Waals surface area contributed by atoms with E-state index in [0.29, 0.717) is 61.5 Å². The summed E-state index contributed by atoms with van der Waals surface area (Å²) in [5, 5.41) is 1.26. The van der Waals surface area contributed by atoms with E-state index in [1.165, 1.54) is 48.2 Å². The van der Waals surface area contributed by atoms with Gasteiger partial charge >= 0.3 is 0 Å². The molecule has 1 N–H and O–H groups in total. The van der Waals surface area contributed by atoms with Crippen LogP contribution >= 0.6 is 11.6 Å². The largest absolute Gasteiger partial charge is 0.493 e. The minimum Gasteiger partial charge on any atom is -0.493 e. The molecule has 4 rings (SSSR count). The van der Waals surface area contributed by atoms with Gasteiger partial charge < -0.3 is 33.4 Å². The summed E-state index contributed by atoms with van der Waals surface area (Å²) in [6.45, 7) is 0. The zero-order valence-electron chi connectivity index (χ0n) is 19.4. The molecule has 0 atom stereocenters. The van der Waals surface area contributed by atoms with Gasteiger partial charge in [-0.15, -0.1) is 0 Å². The molecule has 180 valence electrons. The number of hydrogen-bond donors (Lipinski definition) is 1. The minimum absolute atomic E-state index is 0.284. The Hall–Kier alpha value is -3.99. The number of nitrogens with one attached hydrogen (secondary N) is 1. The number of aromatic amines is 1. The Bertz CT molecular complexity index is 1380. The highest BCUT2D eigenvalue weighted by Crippen LogP contribution is 2.44. The van der Waals surface area contributed by atoms with Crippen molar-refractivity contribution < 1.29 is 28.4 Å². The summed E-state index contributed by atoms with van der Waals surface area (Å²) < 4.78 is 31.3. The monoisotopic (exact) mass is 490 g/mol. The summed E-state index contributed by atoms with van der Waals surface area (Å²) >= 11 is 6.04. The maximum atomic E-state index is 11.8. The Morgan fingerprint density at radius 2 is 1.18 bits per heavy atom. The fourth-order valence-electron chi connectivity index (χ4n) is 3.35. The molecule has 0 bridgehead atoms. The molecule has 0 radical (unpaired) electrons. The number of ether oxygens (including phenoxy) is 6. The molecule has 0 aliphatic heterocycles. The highest BCUT2D eigenvalue weighted by molar-refractivity contribution is 6.34. The van der Waals surface area contributed by atoms with Crippen LogP contribution in [0.4, 0.5) is 0 Å². The van der Waals surface area contributed by atoms with Crippen molar-refractivity contribution in [2.24, 2.45) is 0 Å². The van der Waals surface area contributed by atoms with Gasteiger partial charge in [0, 0.05) is 12.1 Å². The third-order valence-corrected chi connectivity index (χ3v) is 5.11. The lowest BCUT2D eigenvalue weighted by Gasteiger charge is -2.14. The van der Waals surface area contributed by atoms with Crippen LogP contribution in [0.25, 0.3) is 21.8 Å². The maximum absolute atomic E-state index is 11.8. The Balaban J connectivity index is 0.000000191. The topological polar surface area (TPSA) is 127 Å². The average Bonchev–Trinajstić information content (AvgIpc) is 2.86. The van der Waals surface area contributed by atoms with Crippen LogP contribution < -0.4 is 34.0 Å². The maximum Gasteiger partial charge on any atom is 0.262 e. The Morgan fingerprint density at radius 3 is 1.68 bits per heavy atom. The lowest BCUT2D eigenvalue weighted by atomic mass is 10.2. The van der Waals surface area contributed by atoms with Gasteiger partial charge in [-0.25, -0.2) is 15.0 Å². The summed E-state index contributed by atoms with van der Waals surface area (Å²) in [5.41, 5.74) is 0.843. The van der Waals surface area contributed by atoms with E-state index in [2.05, 4.69) is 19.9 Å². The highest BCUT2D eigenvalue weighted by atomic mass is 35.5. The van der Waals surface area contributed by atoms with Gasteiger partial charge in [-0.3, -0.25) is 4.79 Å². The predicted molar refractivity (Wildman–Crippen MR) is 126 cm³/mol. The SMILES string of the molecule is COc1cc2nc[nH]c(=O)c2c(OC)c1OC.COc1cc2ncnc(Cl)c2c(OC)c1OC. The van der Waals surface area contributed by atoms with E-state index in [-0.39, 0.29) is 5.56 Å². The third kappa shape index (κ3) is 4.42. The first-order valence-electron chi connectivity index (χ1n) is 9.71. The highest BCUT2D eigenvalue weighted by Gasteiger charge is 2.20. The molecule has 0 unspecified atom stereocenters. The Kier molecular flexibility index (Phi) is 7.79. The van der Waals surface area contributed by atoms with Crippen LogP contribution in [0.15, 0.2) is 29.6 Å². The fourth-order valence-corrected chi connectivity index (χ4v) is 3.57. The number of H-pyrrole nitrogens is 1. The second-order valence-electron chi connectivity index (χ2n) is 6.48. The molecule has 2 aromatic carbocycles. The number of fused-ring (bicyclic) bond motifs is 2. The third-order valence-electron chi connectivity index (χ3n) is 4.82. The molecule has 2 aromatic heterocycles. The molecule has 12 heteroatoms. The van der Waals surface area contributed by atoms with Crippen molar-refractivity contribution in [3.8, 4) is 34.5 Å². The van der Waals surface area contributed by atoms with E-state index < -0.39 is 0 Å². The van der Waals surface area contributed by atoms with Gasteiger partial charge in [0.1, 0.15) is 16.9 Å². The molecule has 0 aliphatic rings. The second-order valence-corrected chi connectivity index (χ2v) is 6.83. The average molecular weight is 491 g/mol. The lowest BCUT2D eigenvalue weighted by molar-refractivity contribution is 0.327. The van der Waals surface area contributed by atoms with Gasteiger partial charge in [-0.05, 0) is 0 Å². The number of hydrogen-bond acceptors (Lipinski definition) is 10. The van der Waals surface area contributed by atoms with Crippen molar-refractivity contribution in [2.45, 2.75) is 0 Å². The molecule has 11 nitrogen and oxygen atoms in total. The first-order chi connectivity index (χ1) is 16.4. The van der Waals surface area contributed by atoms with Crippen LogP contribution in [0.5, 0.6) is 34.5 Å². The normalized spacial score (nSPS) is 10.3. The molecule has 0 saturated carbocycles. The predicted octanol–water partition coefficient (Wildman–Crippen LogP) is 3.26. The van der Waals surface area contributed by atoms with Crippen molar-refractivity contribution in [1.29, 1.82) is 0 Å². The van der Waals surface area contributed by atoms with E-state index >= 15 is 0 Å². The zero-order valence-corrected chi connectivity index (χ0v) is 20.1. The summed E-state index contributed by atoms with van der Waals surface area (Å²) in [7, 11) is 9.06. The van der Waals surface area contributed by atoms with E-state index in [9.17, 15) is 4.79 Å². The molecule has 0 amide bonds. The van der Waals surface area contributed by atoms with Crippen LogP contribution in [-0.4, -0.2) is 62.6 Å². The van der Waals surface area contributed by atoms with E-state index in [1.54, 1.807) is 19.2 Å².